The van der Waals surface area contributed by atoms with Crippen molar-refractivity contribution < 1.29 is 4.74 Å². The zero-order valence-electron chi connectivity index (χ0n) is 11.4. The van der Waals surface area contributed by atoms with E-state index in [0.29, 0.717) is 19.0 Å². The second kappa shape index (κ2) is 5.36. The van der Waals surface area contributed by atoms with Gasteiger partial charge in [-0.15, -0.1) is 0 Å². The molecule has 0 amide bonds. The minimum Gasteiger partial charge on any atom is -0.493 e. The number of hydrogen-bond donors (Lipinski definition) is 1. The van der Waals surface area contributed by atoms with Crippen molar-refractivity contribution >= 4 is 5.82 Å². The third-order valence-electron chi connectivity index (χ3n) is 3.52. The molecule has 1 N–H and O–H groups in total. The van der Waals surface area contributed by atoms with Gasteiger partial charge in [-0.25, -0.2) is 4.98 Å². The number of nitrogens with zero attached hydrogens (tertiary/aromatic N) is 2. The molecule has 1 unspecified atom stereocenters. The van der Waals surface area contributed by atoms with Gasteiger partial charge in [0.05, 0.1) is 12.6 Å². The van der Waals surface area contributed by atoms with E-state index in [2.05, 4.69) is 10.3 Å². The Kier molecular flexibility index (Phi) is 3.41. The van der Waals surface area contributed by atoms with Gasteiger partial charge in [0.2, 0.25) is 0 Å². The van der Waals surface area contributed by atoms with Gasteiger partial charge in [-0.3, -0.25) is 4.79 Å². The number of aromatic nitrogens is 2. The molecule has 2 heterocycles. The summed E-state index contributed by atoms with van der Waals surface area (Å²) in [6, 6.07) is 7.96. The normalized spacial score (nSPS) is 17.1. The minimum absolute atomic E-state index is 0.0628. The van der Waals surface area contributed by atoms with Crippen LogP contribution in [0.15, 0.2) is 41.5 Å². The predicted molar refractivity (Wildman–Crippen MR) is 77.1 cm³/mol. The Bertz CT molecular complexity index is 666. The average Bonchev–Trinajstić information content (AvgIpc) is 2.50. The molecule has 1 aliphatic heterocycles. The molecule has 2 aromatic rings. The van der Waals surface area contributed by atoms with Gasteiger partial charge in [0.15, 0.2) is 5.82 Å². The Labute approximate surface area is 117 Å². The van der Waals surface area contributed by atoms with E-state index in [9.17, 15) is 4.79 Å². The first-order valence-corrected chi connectivity index (χ1v) is 6.83. The molecule has 0 spiro atoms. The van der Waals surface area contributed by atoms with Crippen molar-refractivity contribution in [3.05, 3.63) is 52.6 Å². The fourth-order valence-electron chi connectivity index (χ4n) is 2.45. The lowest BCUT2D eigenvalue weighted by molar-refractivity contribution is 0.274. The van der Waals surface area contributed by atoms with Gasteiger partial charge in [0.1, 0.15) is 5.75 Å². The molecule has 5 heteroatoms. The number of fused-ring (bicyclic) bond motifs is 1. The highest BCUT2D eigenvalue weighted by Gasteiger charge is 2.22. The number of ether oxygens (including phenoxy) is 1. The first kappa shape index (κ1) is 12.7. The summed E-state index contributed by atoms with van der Waals surface area (Å²) in [4.78, 5) is 16.4. The third kappa shape index (κ3) is 2.27. The van der Waals surface area contributed by atoms with Crippen molar-refractivity contribution in [3.8, 4) is 5.75 Å². The van der Waals surface area contributed by atoms with Crippen LogP contribution in [0.25, 0.3) is 0 Å². The van der Waals surface area contributed by atoms with Gasteiger partial charge >= 0.3 is 0 Å². The van der Waals surface area contributed by atoms with Gasteiger partial charge in [0, 0.05) is 30.9 Å². The molecule has 1 atom stereocenters. The van der Waals surface area contributed by atoms with Gasteiger partial charge in [0.25, 0.3) is 5.56 Å². The van der Waals surface area contributed by atoms with Crippen molar-refractivity contribution in [2.45, 2.75) is 25.9 Å². The molecule has 1 aromatic heterocycles. The van der Waals surface area contributed by atoms with Crippen LogP contribution in [0.3, 0.4) is 0 Å². The van der Waals surface area contributed by atoms with Crippen LogP contribution in [0.5, 0.6) is 5.75 Å². The molecule has 1 aromatic carbocycles. The monoisotopic (exact) mass is 271 g/mol. The second-order valence-corrected chi connectivity index (χ2v) is 4.74. The lowest BCUT2D eigenvalue weighted by Crippen LogP contribution is -2.27. The fourth-order valence-corrected chi connectivity index (χ4v) is 2.45. The van der Waals surface area contributed by atoms with Crippen LogP contribution in [-0.4, -0.2) is 16.2 Å². The summed E-state index contributed by atoms with van der Waals surface area (Å²) in [5, 5.41) is 3.26. The lowest BCUT2D eigenvalue weighted by atomic mass is 10.0. The first-order valence-electron chi connectivity index (χ1n) is 6.83. The molecule has 3 rings (SSSR count). The zero-order valence-corrected chi connectivity index (χ0v) is 11.4. The number of aryl methyl sites for hydroxylation is 1. The SMILES string of the molecule is CCn1ccnc(NC2CCOc3ccccc32)c1=O. The summed E-state index contributed by atoms with van der Waals surface area (Å²) in [6.07, 6.45) is 4.17. The van der Waals surface area contributed by atoms with E-state index in [1.165, 1.54) is 0 Å². The lowest BCUT2D eigenvalue weighted by Gasteiger charge is -2.26. The Balaban J connectivity index is 1.92. The van der Waals surface area contributed by atoms with Crippen LogP contribution < -0.4 is 15.6 Å². The summed E-state index contributed by atoms with van der Waals surface area (Å²) >= 11 is 0. The summed E-state index contributed by atoms with van der Waals surface area (Å²) in [7, 11) is 0. The Morgan fingerprint density at radius 1 is 1.45 bits per heavy atom. The minimum atomic E-state index is -0.0843. The fraction of sp³-hybridized carbons (Fsp3) is 0.333. The van der Waals surface area contributed by atoms with Crippen LogP contribution in [0.1, 0.15) is 24.9 Å². The van der Waals surface area contributed by atoms with E-state index in [0.717, 1.165) is 17.7 Å². The Morgan fingerprint density at radius 3 is 3.15 bits per heavy atom. The third-order valence-corrected chi connectivity index (χ3v) is 3.52. The van der Waals surface area contributed by atoms with Crippen LogP contribution in [0.2, 0.25) is 0 Å². The molecule has 0 fully saturated rings. The Hall–Kier alpha value is -2.30. The first-order chi connectivity index (χ1) is 9.79. The molecule has 1 aliphatic rings. The maximum absolute atomic E-state index is 12.2. The number of benzene rings is 1. The number of rotatable bonds is 3. The van der Waals surface area contributed by atoms with E-state index in [1.54, 1.807) is 17.0 Å². The molecule has 20 heavy (non-hydrogen) atoms. The van der Waals surface area contributed by atoms with Gasteiger partial charge in [-0.05, 0) is 13.0 Å². The zero-order chi connectivity index (χ0) is 13.9. The van der Waals surface area contributed by atoms with E-state index in [4.69, 9.17) is 4.74 Å². The van der Waals surface area contributed by atoms with Crippen molar-refractivity contribution in [3.63, 3.8) is 0 Å². The predicted octanol–water partition coefficient (Wildman–Crippen LogP) is 2.20. The number of nitrogens with one attached hydrogen (secondary N) is 1. The van der Waals surface area contributed by atoms with Crippen molar-refractivity contribution in [1.82, 2.24) is 9.55 Å². The Morgan fingerprint density at radius 2 is 2.30 bits per heavy atom. The molecule has 0 aliphatic carbocycles. The van der Waals surface area contributed by atoms with Crippen LogP contribution in [-0.2, 0) is 6.54 Å². The standard InChI is InChI=1S/C15H17N3O2/c1-2-18-9-8-16-14(15(18)19)17-12-7-10-20-13-6-4-3-5-11(12)13/h3-6,8-9,12H,2,7,10H2,1H3,(H,16,17). The van der Waals surface area contributed by atoms with Crippen LogP contribution in [0, 0.1) is 0 Å². The number of anilines is 1. The van der Waals surface area contributed by atoms with Crippen molar-refractivity contribution in [1.29, 1.82) is 0 Å². The summed E-state index contributed by atoms with van der Waals surface area (Å²) in [5.74, 6) is 1.28. The molecule has 104 valence electrons. The van der Waals surface area contributed by atoms with E-state index in [1.807, 2.05) is 31.2 Å². The topological polar surface area (TPSA) is 56.1 Å². The molecule has 0 saturated carbocycles. The molecular formula is C15H17N3O2. The highest BCUT2D eigenvalue weighted by molar-refractivity contribution is 5.43. The smallest absolute Gasteiger partial charge is 0.293 e. The molecule has 0 radical (unpaired) electrons. The van der Waals surface area contributed by atoms with Gasteiger partial charge < -0.3 is 14.6 Å². The maximum atomic E-state index is 12.2. The van der Waals surface area contributed by atoms with Gasteiger partial charge in [-0.2, -0.15) is 0 Å². The highest BCUT2D eigenvalue weighted by atomic mass is 16.5. The average molecular weight is 271 g/mol. The molecular weight excluding hydrogens is 254 g/mol. The summed E-state index contributed by atoms with van der Waals surface area (Å²) in [5.41, 5.74) is 0.992. The van der Waals surface area contributed by atoms with Crippen molar-refractivity contribution in [2.75, 3.05) is 11.9 Å². The van der Waals surface area contributed by atoms with Crippen molar-refractivity contribution in [2.24, 2.45) is 0 Å². The largest absolute Gasteiger partial charge is 0.493 e. The summed E-state index contributed by atoms with van der Waals surface area (Å²) in [6.45, 7) is 3.22. The molecule has 0 bridgehead atoms. The maximum Gasteiger partial charge on any atom is 0.293 e. The molecule has 5 nitrogen and oxygen atoms in total. The number of hydrogen-bond acceptors (Lipinski definition) is 4. The quantitative estimate of drug-likeness (QED) is 0.929. The molecule has 0 saturated heterocycles. The van der Waals surface area contributed by atoms with E-state index in [-0.39, 0.29) is 11.6 Å². The summed E-state index contributed by atoms with van der Waals surface area (Å²) < 4.78 is 7.26. The van der Waals surface area contributed by atoms with Crippen LogP contribution in [0.4, 0.5) is 5.82 Å². The number of para-hydroxylation sites is 1. The highest BCUT2D eigenvalue weighted by Crippen LogP contribution is 2.33. The van der Waals surface area contributed by atoms with E-state index < -0.39 is 0 Å². The van der Waals surface area contributed by atoms with E-state index >= 15 is 0 Å². The second-order valence-electron chi connectivity index (χ2n) is 4.74. The van der Waals surface area contributed by atoms with Crippen LogP contribution >= 0.6 is 0 Å². The van der Waals surface area contributed by atoms with Gasteiger partial charge in [-0.1, -0.05) is 18.2 Å².